The molecule has 102 valence electrons. The molecule has 0 amide bonds. The van der Waals surface area contributed by atoms with Crippen LogP contribution >= 0.6 is 0 Å². The fourth-order valence-corrected chi connectivity index (χ4v) is 1.95. The maximum absolute atomic E-state index is 12.2. The van der Waals surface area contributed by atoms with E-state index in [1.165, 1.54) is 19.2 Å². The zero-order valence-electron chi connectivity index (χ0n) is 10.5. The third-order valence-corrected chi connectivity index (χ3v) is 2.94. The van der Waals surface area contributed by atoms with Gasteiger partial charge >= 0.3 is 0 Å². The Morgan fingerprint density at radius 2 is 2.00 bits per heavy atom. The molecule has 3 aromatic rings. The number of nitrogens with zero attached hydrogens (tertiary/aromatic N) is 3. The number of aromatic nitrogens is 3. The van der Waals surface area contributed by atoms with E-state index in [-0.39, 0.29) is 17.2 Å². The summed E-state index contributed by atoms with van der Waals surface area (Å²) < 4.78 is 5.07. The first-order chi connectivity index (χ1) is 9.60. The second-order valence-corrected chi connectivity index (χ2v) is 4.19. The quantitative estimate of drug-likeness (QED) is 0.538. The SMILES string of the molecule is COc1ccc2c(c1)nn(-c1ccc(O)cc1O)[n+]2[O-]. The number of rotatable bonds is 2. The largest absolute Gasteiger partial charge is 0.692 e. The Bertz CT molecular complexity index is 798. The third-order valence-electron chi connectivity index (χ3n) is 2.94. The molecule has 2 N–H and O–H groups in total. The van der Waals surface area contributed by atoms with Crippen molar-refractivity contribution in [1.29, 1.82) is 0 Å². The number of ether oxygens (including phenoxy) is 1. The van der Waals surface area contributed by atoms with Crippen molar-refractivity contribution in [2.75, 3.05) is 7.11 Å². The molecule has 7 heteroatoms. The third kappa shape index (κ3) is 1.76. The van der Waals surface area contributed by atoms with Crippen molar-refractivity contribution < 1.29 is 19.8 Å². The van der Waals surface area contributed by atoms with Gasteiger partial charge in [-0.1, -0.05) is 0 Å². The Morgan fingerprint density at radius 1 is 1.20 bits per heavy atom. The summed E-state index contributed by atoms with van der Waals surface area (Å²) in [5, 5.41) is 35.4. The molecular formula is C13H11N3O4. The average Bonchev–Trinajstić information content (AvgIpc) is 2.75. The van der Waals surface area contributed by atoms with Gasteiger partial charge in [0.1, 0.15) is 11.5 Å². The second-order valence-electron chi connectivity index (χ2n) is 4.19. The van der Waals surface area contributed by atoms with E-state index >= 15 is 0 Å². The van der Waals surface area contributed by atoms with E-state index in [1.54, 1.807) is 18.2 Å². The number of methoxy groups -OCH3 is 1. The van der Waals surface area contributed by atoms with Crippen LogP contribution in [0.2, 0.25) is 0 Å². The van der Waals surface area contributed by atoms with Gasteiger partial charge in [0.2, 0.25) is 5.52 Å². The first kappa shape index (κ1) is 12.1. The summed E-state index contributed by atoms with van der Waals surface area (Å²) in [6, 6.07) is 8.77. The van der Waals surface area contributed by atoms with E-state index in [0.717, 1.165) is 10.9 Å². The van der Waals surface area contributed by atoms with Crippen LogP contribution in [0, 0.1) is 5.21 Å². The molecule has 0 aliphatic carbocycles. The predicted molar refractivity (Wildman–Crippen MR) is 69.9 cm³/mol. The number of hydrogen-bond donors (Lipinski definition) is 2. The second kappa shape index (κ2) is 4.30. The maximum atomic E-state index is 12.2. The van der Waals surface area contributed by atoms with Crippen LogP contribution < -0.4 is 9.58 Å². The van der Waals surface area contributed by atoms with Crippen molar-refractivity contribution in [3.8, 4) is 22.9 Å². The zero-order chi connectivity index (χ0) is 14.3. The molecule has 0 atom stereocenters. The van der Waals surface area contributed by atoms with Crippen LogP contribution in [0.5, 0.6) is 17.2 Å². The molecule has 2 aromatic carbocycles. The number of hydrogen-bond acceptors (Lipinski definition) is 5. The van der Waals surface area contributed by atoms with Gasteiger partial charge in [-0.2, -0.15) is 0 Å². The van der Waals surface area contributed by atoms with E-state index in [2.05, 4.69) is 5.10 Å². The molecule has 0 radical (unpaired) electrons. The van der Waals surface area contributed by atoms with Gasteiger partial charge in [0.25, 0.3) is 5.52 Å². The fourth-order valence-electron chi connectivity index (χ4n) is 1.95. The van der Waals surface area contributed by atoms with Crippen LogP contribution in [-0.4, -0.2) is 27.2 Å². The summed E-state index contributed by atoms with van der Waals surface area (Å²) in [6.07, 6.45) is 0. The highest BCUT2D eigenvalue weighted by atomic mass is 16.5. The van der Waals surface area contributed by atoms with Crippen molar-refractivity contribution in [2.45, 2.75) is 0 Å². The minimum atomic E-state index is -0.241. The van der Waals surface area contributed by atoms with Crippen LogP contribution in [0.25, 0.3) is 16.7 Å². The van der Waals surface area contributed by atoms with E-state index < -0.39 is 0 Å². The number of fused-ring (bicyclic) bond motifs is 1. The van der Waals surface area contributed by atoms with Gasteiger partial charge in [0.15, 0.2) is 11.4 Å². The Hall–Kier alpha value is -2.96. The molecule has 1 aromatic heterocycles. The average molecular weight is 273 g/mol. The lowest BCUT2D eigenvalue weighted by Crippen LogP contribution is -2.37. The highest BCUT2D eigenvalue weighted by Gasteiger charge is 2.19. The Kier molecular flexibility index (Phi) is 2.60. The molecule has 0 spiro atoms. The number of aromatic hydroxyl groups is 2. The van der Waals surface area contributed by atoms with Gasteiger partial charge in [-0.25, -0.2) is 0 Å². The first-order valence-electron chi connectivity index (χ1n) is 5.79. The number of phenols is 2. The predicted octanol–water partition coefficient (Wildman–Crippen LogP) is 1.08. The molecule has 20 heavy (non-hydrogen) atoms. The molecule has 0 bridgehead atoms. The van der Waals surface area contributed by atoms with Gasteiger partial charge in [-0.3, -0.25) is 0 Å². The minimum absolute atomic E-state index is 0.0953. The van der Waals surface area contributed by atoms with Crippen LogP contribution in [0.3, 0.4) is 0 Å². The van der Waals surface area contributed by atoms with Gasteiger partial charge < -0.3 is 20.2 Å². The topological polar surface area (TPSA) is 94.5 Å². The van der Waals surface area contributed by atoms with Crippen LogP contribution in [0.4, 0.5) is 0 Å². The summed E-state index contributed by atoms with van der Waals surface area (Å²) in [5.41, 5.74) is 0.957. The Balaban J connectivity index is 2.23. The Labute approximate surface area is 113 Å². The van der Waals surface area contributed by atoms with E-state index in [9.17, 15) is 15.4 Å². The monoisotopic (exact) mass is 273 g/mol. The minimum Gasteiger partial charge on any atom is -0.692 e. The van der Waals surface area contributed by atoms with Crippen molar-refractivity contribution in [1.82, 2.24) is 9.90 Å². The van der Waals surface area contributed by atoms with Crippen molar-refractivity contribution >= 4 is 11.0 Å². The van der Waals surface area contributed by atoms with Crippen LogP contribution in [0.1, 0.15) is 0 Å². The smallest absolute Gasteiger partial charge is 0.253 e. The van der Waals surface area contributed by atoms with Crippen LogP contribution in [0.15, 0.2) is 36.4 Å². The highest BCUT2D eigenvalue weighted by molar-refractivity contribution is 5.73. The summed E-state index contributed by atoms with van der Waals surface area (Å²) in [5.74, 6) is 0.245. The lowest BCUT2D eigenvalue weighted by Gasteiger charge is -2.05. The molecule has 0 saturated heterocycles. The molecule has 0 saturated carbocycles. The number of phenolic OH excluding ortho intramolecular Hbond substituents is 2. The van der Waals surface area contributed by atoms with Crippen LogP contribution in [-0.2, 0) is 0 Å². The van der Waals surface area contributed by atoms with Gasteiger partial charge in [-0.05, 0) is 29.1 Å². The van der Waals surface area contributed by atoms with E-state index in [4.69, 9.17) is 4.74 Å². The van der Waals surface area contributed by atoms with Gasteiger partial charge in [0.05, 0.1) is 12.2 Å². The van der Waals surface area contributed by atoms with E-state index in [1.807, 2.05) is 0 Å². The molecule has 0 fully saturated rings. The number of benzene rings is 2. The van der Waals surface area contributed by atoms with Gasteiger partial charge in [0, 0.05) is 12.1 Å². The zero-order valence-corrected chi connectivity index (χ0v) is 10.5. The summed E-state index contributed by atoms with van der Waals surface area (Å²) in [4.78, 5) is 1.57. The summed E-state index contributed by atoms with van der Waals surface area (Å²) in [6.45, 7) is 0. The van der Waals surface area contributed by atoms with Crippen molar-refractivity contribution in [3.05, 3.63) is 41.6 Å². The molecular weight excluding hydrogens is 262 g/mol. The lowest BCUT2D eigenvalue weighted by atomic mass is 10.3. The fraction of sp³-hybridized carbons (Fsp3) is 0.0769. The normalized spacial score (nSPS) is 10.8. The standard InChI is InChI=1S/C13H11N3O4/c1-20-9-3-5-11-10(7-9)14-15(16(11)19)12-4-2-8(17)6-13(12)18/h2-7,17-18H,1H3. The molecule has 0 unspecified atom stereocenters. The molecule has 0 aliphatic rings. The highest BCUT2D eigenvalue weighted by Crippen LogP contribution is 2.25. The summed E-state index contributed by atoms with van der Waals surface area (Å²) in [7, 11) is 1.52. The van der Waals surface area contributed by atoms with Gasteiger partial charge in [-0.15, -0.1) is 4.85 Å². The molecule has 1 heterocycles. The van der Waals surface area contributed by atoms with Crippen molar-refractivity contribution in [3.63, 3.8) is 0 Å². The van der Waals surface area contributed by atoms with Crippen molar-refractivity contribution in [2.24, 2.45) is 0 Å². The lowest BCUT2D eigenvalue weighted by molar-refractivity contribution is -0.664. The summed E-state index contributed by atoms with van der Waals surface area (Å²) >= 11 is 0. The molecule has 3 rings (SSSR count). The maximum Gasteiger partial charge on any atom is 0.253 e. The molecule has 7 nitrogen and oxygen atoms in total. The molecule has 0 aliphatic heterocycles. The Morgan fingerprint density at radius 3 is 2.70 bits per heavy atom. The van der Waals surface area contributed by atoms with E-state index in [0.29, 0.717) is 21.6 Å². The first-order valence-corrected chi connectivity index (χ1v) is 5.79.